The van der Waals surface area contributed by atoms with Gasteiger partial charge in [0, 0.05) is 18.2 Å². The Morgan fingerprint density at radius 2 is 1.75 bits per heavy atom. The third-order valence-electron chi connectivity index (χ3n) is 4.78. The molecule has 1 heterocycles. The van der Waals surface area contributed by atoms with Gasteiger partial charge in [-0.15, -0.1) is 10.2 Å². The highest BCUT2D eigenvalue weighted by molar-refractivity contribution is 8.04. The number of rotatable bonds is 9. The van der Waals surface area contributed by atoms with Crippen LogP contribution in [0, 0.1) is 6.92 Å². The Labute approximate surface area is 190 Å². The van der Waals surface area contributed by atoms with E-state index in [1.165, 1.54) is 0 Å². The second kappa shape index (κ2) is 10.2. The second-order valence-corrected chi connectivity index (χ2v) is 7.81. The van der Waals surface area contributed by atoms with Crippen LogP contribution in [0.2, 0.25) is 0 Å². The van der Waals surface area contributed by atoms with Crippen LogP contribution >= 0.6 is 11.8 Å². The summed E-state index contributed by atoms with van der Waals surface area (Å²) in [7, 11) is 4.74. The molecule has 0 saturated carbocycles. The van der Waals surface area contributed by atoms with Gasteiger partial charge in [0.2, 0.25) is 0 Å². The van der Waals surface area contributed by atoms with Gasteiger partial charge < -0.3 is 23.9 Å². The number of methoxy groups -OCH3 is 3. The van der Waals surface area contributed by atoms with Crippen LogP contribution in [-0.2, 0) is 11.3 Å². The highest BCUT2D eigenvalue weighted by atomic mass is 32.2. The summed E-state index contributed by atoms with van der Waals surface area (Å²) in [5, 5.41) is 18.8. The van der Waals surface area contributed by atoms with Gasteiger partial charge in [0.15, 0.2) is 11.0 Å². The van der Waals surface area contributed by atoms with Crippen molar-refractivity contribution in [3.05, 3.63) is 52.4 Å². The smallest absolute Gasteiger partial charge is 0.342 e. The van der Waals surface area contributed by atoms with Gasteiger partial charge in [0.05, 0.1) is 21.3 Å². The molecule has 2 aromatic carbocycles. The predicted molar refractivity (Wildman–Crippen MR) is 123 cm³/mol. The van der Waals surface area contributed by atoms with Crippen LogP contribution < -0.4 is 14.2 Å². The van der Waals surface area contributed by atoms with Crippen LogP contribution in [-0.4, -0.2) is 47.2 Å². The molecule has 9 heteroatoms. The van der Waals surface area contributed by atoms with Crippen molar-refractivity contribution in [3.8, 4) is 28.6 Å². The fourth-order valence-electron chi connectivity index (χ4n) is 3.11. The van der Waals surface area contributed by atoms with E-state index in [4.69, 9.17) is 14.2 Å². The van der Waals surface area contributed by atoms with Gasteiger partial charge >= 0.3 is 5.97 Å². The van der Waals surface area contributed by atoms with E-state index in [1.54, 1.807) is 39.5 Å². The summed E-state index contributed by atoms with van der Waals surface area (Å²) in [4.78, 5) is 12.1. The molecule has 0 aliphatic rings. The topological polar surface area (TPSA) is 95.7 Å². The molecule has 3 rings (SSSR count). The van der Waals surface area contributed by atoms with Crippen LogP contribution in [0.3, 0.4) is 0 Å². The summed E-state index contributed by atoms with van der Waals surface area (Å²) < 4.78 is 17.9. The number of carboxylic acids is 1. The fourth-order valence-corrected chi connectivity index (χ4v) is 4.00. The van der Waals surface area contributed by atoms with E-state index in [-0.39, 0.29) is 4.91 Å². The molecule has 8 nitrogen and oxygen atoms in total. The zero-order chi connectivity index (χ0) is 23.3. The number of aliphatic carboxylic acids is 1. The molecule has 0 fully saturated rings. The van der Waals surface area contributed by atoms with Gasteiger partial charge in [-0.25, -0.2) is 4.79 Å². The van der Waals surface area contributed by atoms with Crippen molar-refractivity contribution >= 4 is 23.8 Å². The van der Waals surface area contributed by atoms with Crippen LogP contribution in [0.1, 0.15) is 18.1 Å². The lowest BCUT2D eigenvalue weighted by molar-refractivity contribution is -0.131. The molecular formula is C23H25N3O5S. The number of hydrogen-bond donors (Lipinski definition) is 1. The first-order valence-electron chi connectivity index (χ1n) is 9.84. The number of aryl methyl sites for hydroxylation is 1. The molecule has 0 atom stereocenters. The van der Waals surface area contributed by atoms with Gasteiger partial charge in [0.1, 0.15) is 22.2 Å². The number of aromatic nitrogens is 3. The maximum atomic E-state index is 12.0. The van der Waals surface area contributed by atoms with Gasteiger partial charge in [-0.3, -0.25) is 0 Å². The zero-order valence-electron chi connectivity index (χ0n) is 18.6. The first-order chi connectivity index (χ1) is 15.4. The molecular weight excluding hydrogens is 430 g/mol. The SMILES string of the molecule is CCn1c(S/C(=C\c2ccc(C)c(OC)c2)C(=O)O)nnc1-c1cc(OC)cc(OC)c1. The molecule has 0 amide bonds. The van der Waals surface area contributed by atoms with Crippen molar-refractivity contribution in [2.45, 2.75) is 25.5 Å². The standard InChI is InChI=1S/C23H25N3O5S/c1-6-26-21(16-11-17(29-3)13-18(12-16)30-4)24-25-23(26)32-20(22(27)28)10-15-8-7-14(2)19(9-15)31-5/h7-13H,6H2,1-5H3,(H,27,28)/b20-10-. The zero-order valence-corrected chi connectivity index (χ0v) is 19.4. The van der Waals surface area contributed by atoms with E-state index >= 15 is 0 Å². The molecule has 0 aliphatic heterocycles. The molecule has 0 bridgehead atoms. The Bertz CT molecular complexity index is 1130. The maximum Gasteiger partial charge on any atom is 0.342 e. The number of hydrogen-bond acceptors (Lipinski definition) is 7. The van der Waals surface area contributed by atoms with Crippen molar-refractivity contribution in [2.75, 3.05) is 21.3 Å². The molecule has 0 radical (unpaired) electrons. The Hall–Kier alpha value is -3.46. The Morgan fingerprint density at radius 3 is 2.31 bits per heavy atom. The molecule has 0 spiro atoms. The minimum atomic E-state index is -1.05. The lowest BCUT2D eigenvalue weighted by atomic mass is 10.1. The average Bonchev–Trinajstić information content (AvgIpc) is 3.21. The number of nitrogens with zero attached hydrogens (tertiary/aromatic N) is 3. The van der Waals surface area contributed by atoms with Gasteiger partial charge in [0.25, 0.3) is 0 Å². The molecule has 1 N–H and O–H groups in total. The summed E-state index contributed by atoms with van der Waals surface area (Å²) in [6.45, 7) is 4.43. The van der Waals surface area contributed by atoms with Gasteiger partial charge in [-0.05, 0) is 61.0 Å². The largest absolute Gasteiger partial charge is 0.497 e. The lowest BCUT2D eigenvalue weighted by Crippen LogP contribution is -2.03. The van der Waals surface area contributed by atoms with E-state index in [1.807, 2.05) is 42.7 Å². The van der Waals surface area contributed by atoms with Crippen molar-refractivity contribution in [1.29, 1.82) is 0 Å². The van der Waals surface area contributed by atoms with Gasteiger partial charge in [-0.2, -0.15) is 0 Å². The quantitative estimate of drug-likeness (QED) is 0.372. The third kappa shape index (κ3) is 5.05. The van der Waals surface area contributed by atoms with Crippen LogP contribution in [0.25, 0.3) is 17.5 Å². The maximum absolute atomic E-state index is 12.0. The van der Waals surface area contributed by atoms with E-state index in [0.717, 1.165) is 28.5 Å². The monoisotopic (exact) mass is 455 g/mol. The highest BCUT2D eigenvalue weighted by Crippen LogP contribution is 2.34. The predicted octanol–water partition coefficient (Wildman–Crippen LogP) is 4.52. The molecule has 0 saturated heterocycles. The first-order valence-corrected chi connectivity index (χ1v) is 10.7. The number of benzene rings is 2. The molecule has 168 valence electrons. The average molecular weight is 456 g/mol. The molecule has 0 aliphatic carbocycles. The van der Waals surface area contributed by atoms with E-state index in [0.29, 0.717) is 34.8 Å². The summed E-state index contributed by atoms with van der Waals surface area (Å²) >= 11 is 1.04. The molecule has 0 unspecified atom stereocenters. The third-order valence-corrected chi connectivity index (χ3v) is 5.78. The Morgan fingerprint density at radius 1 is 1.06 bits per heavy atom. The Kier molecular flexibility index (Phi) is 7.42. The van der Waals surface area contributed by atoms with Gasteiger partial charge in [-0.1, -0.05) is 12.1 Å². The minimum absolute atomic E-state index is 0.118. The summed E-state index contributed by atoms with van der Waals surface area (Å²) in [5.74, 6) is 1.48. The number of carboxylic acid groups (broad SMARTS) is 1. The second-order valence-electron chi connectivity index (χ2n) is 6.80. The minimum Gasteiger partial charge on any atom is -0.497 e. The van der Waals surface area contributed by atoms with Crippen LogP contribution in [0.4, 0.5) is 0 Å². The fraction of sp³-hybridized carbons (Fsp3) is 0.261. The lowest BCUT2D eigenvalue weighted by Gasteiger charge is -2.10. The van der Waals surface area contributed by atoms with Crippen LogP contribution in [0.5, 0.6) is 17.2 Å². The number of carbonyl (C=O) groups is 1. The van der Waals surface area contributed by atoms with E-state index in [9.17, 15) is 9.90 Å². The normalized spacial score (nSPS) is 11.3. The van der Waals surface area contributed by atoms with Crippen LogP contribution in [0.15, 0.2) is 46.5 Å². The van der Waals surface area contributed by atoms with Crippen molar-refractivity contribution in [1.82, 2.24) is 14.8 Å². The summed E-state index contributed by atoms with van der Waals surface area (Å²) in [5.41, 5.74) is 2.45. The molecule has 1 aromatic heterocycles. The van der Waals surface area contributed by atoms with E-state index < -0.39 is 5.97 Å². The first kappa shape index (κ1) is 23.2. The number of thioether (sulfide) groups is 1. The van der Waals surface area contributed by atoms with E-state index in [2.05, 4.69) is 10.2 Å². The number of ether oxygens (including phenoxy) is 3. The summed E-state index contributed by atoms with van der Waals surface area (Å²) in [6.07, 6.45) is 1.60. The molecule has 3 aromatic rings. The van der Waals surface area contributed by atoms with Crippen molar-refractivity contribution in [3.63, 3.8) is 0 Å². The highest BCUT2D eigenvalue weighted by Gasteiger charge is 2.19. The molecule has 32 heavy (non-hydrogen) atoms. The van der Waals surface area contributed by atoms with Crippen molar-refractivity contribution < 1.29 is 24.1 Å². The van der Waals surface area contributed by atoms with Crippen molar-refractivity contribution in [2.24, 2.45) is 0 Å². The Balaban J connectivity index is 2.00. The summed E-state index contributed by atoms with van der Waals surface area (Å²) in [6, 6.07) is 11.0.